The maximum Gasteiger partial charge on any atom is 0.274 e. The van der Waals surface area contributed by atoms with Crippen LogP contribution < -0.4 is 26.1 Å². The van der Waals surface area contributed by atoms with Gasteiger partial charge in [0.2, 0.25) is 0 Å². The third kappa shape index (κ3) is 9.00. The van der Waals surface area contributed by atoms with Crippen molar-refractivity contribution in [2.24, 2.45) is 13.0 Å². The minimum atomic E-state index is -3.58. The lowest BCUT2D eigenvalue weighted by Crippen LogP contribution is -2.40. The van der Waals surface area contributed by atoms with Crippen molar-refractivity contribution in [3.05, 3.63) is 122 Å². The number of piperidine rings is 1. The third-order valence-corrected chi connectivity index (χ3v) is 14.1. The maximum absolute atomic E-state index is 13.4. The number of amides is 1. The molecule has 2 aliphatic rings. The molecule has 320 valence electrons. The second kappa shape index (κ2) is 18.0. The molecule has 4 aromatic heterocycles. The molecule has 1 saturated carbocycles. The van der Waals surface area contributed by atoms with Gasteiger partial charge in [-0.3, -0.25) is 23.9 Å². The molecule has 2 fully saturated rings. The van der Waals surface area contributed by atoms with Gasteiger partial charge in [0.05, 0.1) is 44.9 Å². The Bertz CT molecular complexity index is 2910. The maximum atomic E-state index is 13.4. The number of hydrogen-bond donors (Lipinski definition) is 2. The van der Waals surface area contributed by atoms with Crippen molar-refractivity contribution in [2.75, 3.05) is 23.7 Å². The van der Waals surface area contributed by atoms with E-state index >= 15 is 0 Å². The molecule has 1 aliphatic heterocycles. The van der Waals surface area contributed by atoms with Gasteiger partial charge in [-0.2, -0.15) is 5.26 Å². The average Bonchev–Trinajstić information content (AvgIpc) is 3.79. The Morgan fingerprint density at radius 2 is 1.77 bits per heavy atom. The van der Waals surface area contributed by atoms with Gasteiger partial charge in [0.1, 0.15) is 17.3 Å². The molecule has 0 spiro atoms. The van der Waals surface area contributed by atoms with Crippen molar-refractivity contribution < 1.29 is 17.9 Å². The number of aryl methyl sites for hydroxylation is 2. The molecule has 5 heterocycles. The summed E-state index contributed by atoms with van der Waals surface area (Å²) in [5.74, 6) is 1.42. The van der Waals surface area contributed by atoms with Gasteiger partial charge in [0.15, 0.2) is 21.3 Å². The fourth-order valence-electron chi connectivity index (χ4n) is 8.40. The number of H-pyrrole nitrogens is 1. The van der Waals surface area contributed by atoms with E-state index in [1.807, 2.05) is 12.1 Å². The number of fused-ring (bicyclic) bond motifs is 1. The van der Waals surface area contributed by atoms with Crippen molar-refractivity contribution in [3.63, 3.8) is 0 Å². The van der Waals surface area contributed by atoms with Crippen molar-refractivity contribution in [3.8, 4) is 28.6 Å². The number of nitrogens with one attached hydrogen (secondary N) is 2. The molecule has 62 heavy (non-hydrogen) atoms. The molecule has 15 nitrogen and oxygen atoms in total. The van der Waals surface area contributed by atoms with Crippen molar-refractivity contribution >= 4 is 44.1 Å². The molecule has 0 radical (unpaired) electrons. The Morgan fingerprint density at radius 1 is 0.984 bits per heavy atom. The number of nitriles is 1. The van der Waals surface area contributed by atoms with Crippen LogP contribution in [-0.2, 0) is 23.3 Å². The first kappa shape index (κ1) is 42.4. The van der Waals surface area contributed by atoms with Gasteiger partial charge in [0, 0.05) is 67.3 Å². The van der Waals surface area contributed by atoms with Gasteiger partial charge >= 0.3 is 0 Å². The van der Waals surface area contributed by atoms with E-state index in [0.29, 0.717) is 56.4 Å². The molecule has 8 rings (SSSR count). The van der Waals surface area contributed by atoms with Crippen molar-refractivity contribution in [1.82, 2.24) is 34.6 Å². The molecule has 1 aliphatic carbocycles. The van der Waals surface area contributed by atoms with Gasteiger partial charge in [-0.1, -0.05) is 18.5 Å². The summed E-state index contributed by atoms with van der Waals surface area (Å²) in [5.41, 5.74) is 2.79. The number of sulfone groups is 1. The van der Waals surface area contributed by atoms with E-state index in [-0.39, 0.29) is 45.5 Å². The molecule has 0 unspecified atom stereocenters. The third-order valence-electron chi connectivity index (χ3n) is 12.0. The van der Waals surface area contributed by atoms with E-state index in [2.05, 4.69) is 30.4 Å². The zero-order chi connectivity index (χ0) is 43.5. The second-order valence-corrected chi connectivity index (χ2v) is 18.6. The van der Waals surface area contributed by atoms with Gasteiger partial charge in [-0.05, 0) is 106 Å². The van der Waals surface area contributed by atoms with E-state index in [4.69, 9.17) is 21.6 Å². The minimum absolute atomic E-state index is 0.000350. The molecule has 0 bridgehead atoms. The Kier molecular flexibility index (Phi) is 12.3. The van der Waals surface area contributed by atoms with Crippen LogP contribution >= 0.6 is 11.6 Å². The summed E-state index contributed by atoms with van der Waals surface area (Å²) in [6, 6.07) is 17.2. The lowest BCUT2D eigenvalue weighted by atomic mass is 9.91. The predicted molar refractivity (Wildman–Crippen MR) is 236 cm³/mol. The smallest absolute Gasteiger partial charge is 0.274 e. The SMILES string of the molecule is CCS(=O)(=O)c1ccc(-n2cc(CCC3CCN(c4ccc(C(=O)NC5CCC(Oc6ccc(C#N)c(Cl)c6)CC5)nn4)CC3)ncc2=O)c(-c2cn(C)c(=O)c3[nH]ccc23)c1. The summed E-state index contributed by atoms with van der Waals surface area (Å²) in [6.45, 7) is 3.14. The van der Waals surface area contributed by atoms with E-state index in [1.54, 1.807) is 75.0 Å². The summed E-state index contributed by atoms with van der Waals surface area (Å²) in [7, 11) is -1.95. The van der Waals surface area contributed by atoms with Gasteiger partial charge in [0.25, 0.3) is 17.0 Å². The van der Waals surface area contributed by atoms with Crippen molar-refractivity contribution in [1.29, 1.82) is 5.26 Å². The van der Waals surface area contributed by atoms with E-state index < -0.39 is 9.84 Å². The number of benzene rings is 2. The minimum Gasteiger partial charge on any atom is -0.490 e. The summed E-state index contributed by atoms with van der Waals surface area (Å²) < 4.78 is 35.1. The summed E-state index contributed by atoms with van der Waals surface area (Å²) in [4.78, 5) is 49.1. The molecule has 1 amide bonds. The molecule has 0 atom stereocenters. The van der Waals surface area contributed by atoms with E-state index in [1.165, 1.54) is 21.4 Å². The first-order valence-corrected chi connectivity index (χ1v) is 22.8. The number of nitrogens with zero attached hydrogens (tertiary/aromatic N) is 7. The lowest BCUT2D eigenvalue weighted by Gasteiger charge is -2.32. The number of anilines is 1. The second-order valence-electron chi connectivity index (χ2n) is 16.0. The van der Waals surface area contributed by atoms with Gasteiger partial charge in [-0.25, -0.2) is 8.42 Å². The number of aromatic amines is 1. The van der Waals surface area contributed by atoms with Crippen LogP contribution in [0, 0.1) is 17.2 Å². The molecule has 6 aromatic rings. The quantitative estimate of drug-likeness (QED) is 0.143. The Balaban J connectivity index is 0.867. The number of carbonyl (C=O) groups excluding carboxylic acids is 1. The van der Waals surface area contributed by atoms with Gasteiger partial charge in [-0.15, -0.1) is 10.2 Å². The van der Waals surface area contributed by atoms with Crippen LogP contribution in [0.1, 0.15) is 73.6 Å². The highest BCUT2D eigenvalue weighted by Gasteiger charge is 2.26. The number of carbonyl (C=O) groups is 1. The Morgan fingerprint density at radius 3 is 2.48 bits per heavy atom. The molecule has 2 N–H and O–H groups in total. The van der Waals surface area contributed by atoms with Crippen LogP contribution in [0.3, 0.4) is 0 Å². The summed E-state index contributed by atoms with van der Waals surface area (Å²) in [6.07, 6.45) is 12.8. The summed E-state index contributed by atoms with van der Waals surface area (Å²) in [5, 5.41) is 21.9. The van der Waals surface area contributed by atoms with Gasteiger partial charge < -0.3 is 24.5 Å². The van der Waals surface area contributed by atoms with E-state index in [0.717, 1.165) is 69.5 Å². The number of halogens is 1. The molecular formula is C45H46ClN9O6S. The fraction of sp³-hybridized carbons (Fsp3) is 0.356. The number of rotatable bonds is 12. The monoisotopic (exact) mass is 875 g/mol. The average molecular weight is 876 g/mol. The summed E-state index contributed by atoms with van der Waals surface area (Å²) >= 11 is 6.15. The Hall–Kier alpha value is -6.31. The lowest BCUT2D eigenvalue weighted by molar-refractivity contribution is 0.0888. The fourth-order valence-corrected chi connectivity index (χ4v) is 9.52. The van der Waals surface area contributed by atoms with Crippen molar-refractivity contribution in [2.45, 2.75) is 75.3 Å². The van der Waals surface area contributed by atoms with Crippen LogP contribution in [0.2, 0.25) is 5.02 Å². The molecular weight excluding hydrogens is 830 g/mol. The topological polar surface area (TPSA) is 198 Å². The first-order valence-electron chi connectivity index (χ1n) is 20.8. The highest BCUT2D eigenvalue weighted by atomic mass is 35.5. The standard InChI is InChI=1S/C45H46ClN9O6S/c1-3-62(59,60)34-12-14-40(36(23-34)37-27-53(2)45(58)43-35(37)16-19-48-43)55-26-31(49-25-42(55)56)6-4-28-17-20-54(21-18-28)41-15-13-39(51-52-41)44(57)50-30-7-10-32(11-8-30)61-33-9-5-29(24-47)38(46)22-33/h5,9,12-16,19,22-23,25-28,30,32,48H,3-4,6-8,10-11,17-18,20-21H2,1-2H3,(H,50,57). The molecule has 1 saturated heterocycles. The highest BCUT2D eigenvalue weighted by Crippen LogP contribution is 2.34. The highest BCUT2D eigenvalue weighted by molar-refractivity contribution is 7.91. The number of hydrogen-bond acceptors (Lipinski definition) is 11. The normalized spacial score (nSPS) is 17.2. The first-order chi connectivity index (χ1) is 29.9. The zero-order valence-electron chi connectivity index (χ0n) is 34.4. The number of aromatic nitrogens is 6. The van der Waals surface area contributed by atoms with Crippen LogP contribution in [-0.4, -0.2) is 74.6 Å². The Labute approximate surface area is 363 Å². The zero-order valence-corrected chi connectivity index (χ0v) is 36.0. The molecule has 2 aromatic carbocycles. The number of ether oxygens (including phenoxy) is 1. The number of pyridine rings is 1. The van der Waals surface area contributed by atoms with Crippen LogP contribution in [0.25, 0.3) is 27.7 Å². The van der Waals surface area contributed by atoms with Crippen LogP contribution in [0.4, 0.5) is 5.82 Å². The van der Waals surface area contributed by atoms with Crippen LogP contribution in [0.5, 0.6) is 5.75 Å². The predicted octanol–water partition coefficient (Wildman–Crippen LogP) is 6.16. The largest absolute Gasteiger partial charge is 0.490 e. The molecule has 17 heteroatoms. The van der Waals surface area contributed by atoms with E-state index in [9.17, 15) is 22.8 Å². The van der Waals surface area contributed by atoms with Crippen LogP contribution in [0.15, 0.2) is 93.9 Å².